The number of nitrogens with one attached hydrogen (secondary N) is 1. The molecule has 0 fully saturated rings. The number of nitrogens with two attached hydrogens (primary N) is 1. The lowest BCUT2D eigenvalue weighted by Crippen LogP contribution is -2.18. The molecule has 0 bridgehead atoms. The number of carbonyl (C=O) groups is 2. The number of aromatic carboxylic acids is 1. The molecule has 5 N–H and O–H groups in total. The third kappa shape index (κ3) is 3.20. The summed E-state index contributed by atoms with van der Waals surface area (Å²) in [4.78, 5) is 28.7. The van der Waals surface area contributed by atoms with Crippen LogP contribution in [0.1, 0.15) is 17.4 Å². The van der Waals surface area contributed by atoms with Gasteiger partial charge >= 0.3 is 17.9 Å². The number of hydrogen-bond acceptors (Lipinski definition) is 7. The van der Waals surface area contributed by atoms with E-state index < -0.39 is 24.2 Å². The van der Waals surface area contributed by atoms with Gasteiger partial charge in [0.2, 0.25) is 0 Å². The zero-order chi connectivity index (χ0) is 13.7. The van der Waals surface area contributed by atoms with E-state index >= 15 is 0 Å². The normalized spacial score (nSPS) is 9.83. The maximum absolute atomic E-state index is 10.9. The van der Waals surface area contributed by atoms with Gasteiger partial charge in [-0.2, -0.15) is 9.97 Å². The lowest BCUT2D eigenvalue weighted by Gasteiger charge is -2.10. The highest BCUT2D eigenvalue weighted by atomic mass is 16.5. The van der Waals surface area contributed by atoms with Crippen LogP contribution in [0.15, 0.2) is 0 Å². The highest BCUT2D eigenvalue weighted by molar-refractivity contribution is 5.94. The van der Waals surface area contributed by atoms with Crippen molar-refractivity contribution in [2.45, 2.75) is 6.92 Å². The van der Waals surface area contributed by atoms with Gasteiger partial charge < -0.3 is 26.0 Å². The molecule has 1 heterocycles. The Balaban J connectivity index is 3.13. The van der Waals surface area contributed by atoms with Crippen LogP contribution in [-0.2, 0) is 4.79 Å². The zero-order valence-corrected chi connectivity index (χ0v) is 9.51. The van der Waals surface area contributed by atoms with Crippen molar-refractivity contribution in [3.8, 4) is 6.01 Å². The van der Waals surface area contributed by atoms with Crippen molar-refractivity contribution in [3.63, 3.8) is 0 Å². The van der Waals surface area contributed by atoms with Gasteiger partial charge in [-0.25, -0.2) is 4.79 Å². The third-order valence-corrected chi connectivity index (χ3v) is 1.81. The summed E-state index contributed by atoms with van der Waals surface area (Å²) in [5.41, 5.74) is 4.83. The molecule has 0 amide bonds. The minimum Gasteiger partial charge on any atom is -0.480 e. The average molecular weight is 256 g/mol. The molecule has 1 aromatic heterocycles. The average Bonchev–Trinajstić information content (AvgIpc) is 2.29. The highest BCUT2D eigenvalue weighted by Gasteiger charge is 2.18. The smallest absolute Gasteiger partial charge is 0.357 e. The van der Waals surface area contributed by atoms with Crippen molar-refractivity contribution in [1.82, 2.24) is 9.97 Å². The SMILES string of the molecule is CCOc1nc(NCC(=O)O)c(N)c(C(=O)O)n1. The largest absolute Gasteiger partial charge is 0.480 e. The number of ether oxygens (including phenoxy) is 1. The Morgan fingerprint density at radius 1 is 1.39 bits per heavy atom. The van der Waals surface area contributed by atoms with Crippen molar-refractivity contribution in [2.24, 2.45) is 0 Å². The van der Waals surface area contributed by atoms with Crippen LogP contribution in [0.2, 0.25) is 0 Å². The molecule has 0 atom stereocenters. The Morgan fingerprint density at radius 3 is 2.56 bits per heavy atom. The van der Waals surface area contributed by atoms with Crippen LogP contribution < -0.4 is 15.8 Å². The molecule has 9 nitrogen and oxygen atoms in total. The molecular weight excluding hydrogens is 244 g/mol. The number of anilines is 2. The second-order valence-electron chi connectivity index (χ2n) is 3.10. The molecule has 0 aliphatic rings. The van der Waals surface area contributed by atoms with E-state index in [1.165, 1.54) is 0 Å². The first-order valence-corrected chi connectivity index (χ1v) is 4.95. The van der Waals surface area contributed by atoms with E-state index in [1.807, 2.05) is 0 Å². The van der Waals surface area contributed by atoms with Gasteiger partial charge in [0.05, 0.1) is 6.61 Å². The Bertz CT molecular complexity index is 476. The molecule has 0 aliphatic heterocycles. The van der Waals surface area contributed by atoms with E-state index in [-0.39, 0.29) is 24.1 Å². The molecule has 1 rings (SSSR count). The van der Waals surface area contributed by atoms with Crippen molar-refractivity contribution in [3.05, 3.63) is 5.69 Å². The number of aliphatic carboxylic acids is 1. The number of aromatic nitrogens is 2. The van der Waals surface area contributed by atoms with Crippen molar-refractivity contribution < 1.29 is 24.5 Å². The van der Waals surface area contributed by atoms with Gasteiger partial charge in [-0.1, -0.05) is 0 Å². The van der Waals surface area contributed by atoms with Crippen molar-refractivity contribution in [2.75, 3.05) is 24.2 Å². The molecule has 0 aliphatic carbocycles. The highest BCUT2D eigenvalue weighted by Crippen LogP contribution is 2.22. The summed E-state index contributed by atoms with van der Waals surface area (Å²) >= 11 is 0. The summed E-state index contributed by atoms with van der Waals surface area (Å²) in [6, 6.07) is -0.183. The number of hydrogen-bond donors (Lipinski definition) is 4. The van der Waals surface area contributed by atoms with Gasteiger partial charge in [-0.05, 0) is 6.92 Å². The second kappa shape index (κ2) is 5.66. The summed E-state index contributed by atoms with van der Waals surface area (Å²) in [5, 5.41) is 19.8. The first-order chi connectivity index (χ1) is 8.45. The minimum absolute atomic E-state index is 0.0896. The Hall–Kier alpha value is -2.58. The standard InChI is InChI=1S/C9H12N4O5/c1-2-18-9-12-6(8(16)17)5(10)7(13-9)11-3-4(14)15/h2-3,10H2,1H3,(H,14,15)(H,16,17)(H,11,12,13). The van der Waals surface area contributed by atoms with Crippen LogP contribution in [0.3, 0.4) is 0 Å². The number of nitrogens with zero attached hydrogens (tertiary/aromatic N) is 2. The fourth-order valence-electron chi connectivity index (χ4n) is 1.10. The van der Waals surface area contributed by atoms with Crippen LogP contribution in [0.25, 0.3) is 0 Å². The predicted molar refractivity (Wildman–Crippen MR) is 60.7 cm³/mol. The van der Waals surface area contributed by atoms with Gasteiger partial charge in [0.1, 0.15) is 12.2 Å². The molecule has 0 saturated heterocycles. The van der Waals surface area contributed by atoms with Gasteiger partial charge in [0.15, 0.2) is 11.5 Å². The first kappa shape index (κ1) is 13.5. The maximum atomic E-state index is 10.9. The molecule has 0 spiro atoms. The number of carboxylic acids is 2. The summed E-state index contributed by atoms with van der Waals surface area (Å²) in [7, 11) is 0. The third-order valence-electron chi connectivity index (χ3n) is 1.81. The first-order valence-electron chi connectivity index (χ1n) is 4.95. The van der Waals surface area contributed by atoms with Crippen LogP contribution in [0.5, 0.6) is 6.01 Å². The molecule has 1 aromatic rings. The van der Waals surface area contributed by atoms with E-state index in [1.54, 1.807) is 6.92 Å². The summed E-state index contributed by atoms with van der Waals surface area (Å²) in [5.74, 6) is -2.58. The Morgan fingerprint density at radius 2 is 2.06 bits per heavy atom. The number of carboxylic acid groups (broad SMARTS) is 2. The van der Waals surface area contributed by atoms with Gasteiger partial charge in [0.25, 0.3) is 0 Å². The number of rotatable bonds is 6. The molecule has 0 aromatic carbocycles. The van der Waals surface area contributed by atoms with Crippen LogP contribution >= 0.6 is 0 Å². The summed E-state index contributed by atoms with van der Waals surface area (Å²) in [6.45, 7) is 1.46. The molecular formula is C9H12N4O5. The second-order valence-corrected chi connectivity index (χ2v) is 3.10. The van der Waals surface area contributed by atoms with Crippen molar-refractivity contribution >= 4 is 23.4 Å². The predicted octanol–water partition coefficient (Wildman–Crippen LogP) is -0.348. The fourth-order valence-corrected chi connectivity index (χ4v) is 1.10. The summed E-state index contributed by atoms with van der Waals surface area (Å²) < 4.78 is 4.97. The van der Waals surface area contributed by atoms with E-state index in [0.717, 1.165) is 0 Å². The van der Waals surface area contributed by atoms with Crippen LogP contribution in [0.4, 0.5) is 11.5 Å². The van der Waals surface area contributed by atoms with Gasteiger partial charge in [-0.15, -0.1) is 0 Å². The quantitative estimate of drug-likeness (QED) is 0.535. The maximum Gasteiger partial charge on any atom is 0.357 e. The van der Waals surface area contributed by atoms with E-state index in [9.17, 15) is 9.59 Å². The molecule has 0 radical (unpaired) electrons. The van der Waals surface area contributed by atoms with Gasteiger partial charge in [0, 0.05) is 0 Å². The monoisotopic (exact) mass is 256 g/mol. The number of nitrogen functional groups attached to an aromatic ring is 1. The molecule has 98 valence electrons. The van der Waals surface area contributed by atoms with Crippen LogP contribution in [0, 0.1) is 0 Å². The molecule has 9 heteroatoms. The fraction of sp³-hybridized carbons (Fsp3) is 0.333. The van der Waals surface area contributed by atoms with E-state index in [2.05, 4.69) is 15.3 Å². The Kier molecular flexibility index (Phi) is 4.24. The van der Waals surface area contributed by atoms with E-state index in [4.69, 9.17) is 20.7 Å². The molecule has 0 unspecified atom stereocenters. The van der Waals surface area contributed by atoms with Crippen LogP contribution in [-0.4, -0.2) is 45.3 Å². The topological polar surface area (TPSA) is 148 Å². The van der Waals surface area contributed by atoms with Gasteiger partial charge in [-0.3, -0.25) is 4.79 Å². The Labute approximate surface area is 102 Å². The van der Waals surface area contributed by atoms with Crippen molar-refractivity contribution in [1.29, 1.82) is 0 Å². The minimum atomic E-state index is -1.35. The zero-order valence-electron chi connectivity index (χ0n) is 9.51. The summed E-state index contributed by atoms with van der Waals surface area (Å²) in [6.07, 6.45) is 0. The molecule has 0 saturated carbocycles. The van der Waals surface area contributed by atoms with E-state index in [0.29, 0.717) is 0 Å². The lowest BCUT2D eigenvalue weighted by molar-refractivity contribution is -0.134. The lowest BCUT2D eigenvalue weighted by atomic mass is 10.3. The molecule has 18 heavy (non-hydrogen) atoms.